The van der Waals surface area contributed by atoms with Crippen LogP contribution in [0.5, 0.6) is 5.75 Å². The lowest BCUT2D eigenvalue weighted by Crippen LogP contribution is -2.17. The van der Waals surface area contributed by atoms with Crippen molar-refractivity contribution in [3.05, 3.63) is 70.0 Å². The Morgan fingerprint density at radius 3 is 2.58 bits per heavy atom. The molecule has 0 radical (unpaired) electrons. The lowest BCUT2D eigenvalue weighted by molar-refractivity contribution is -0.384. The average molecular weight is 477 g/mol. The number of benzene rings is 2. The van der Waals surface area contributed by atoms with E-state index >= 15 is 0 Å². The van der Waals surface area contributed by atoms with Crippen LogP contribution in [0, 0.1) is 21.7 Å². The molecule has 33 heavy (non-hydrogen) atoms. The number of carbonyl (C=O) groups is 1. The summed E-state index contributed by atoms with van der Waals surface area (Å²) in [5.41, 5.74) is -0.625. The predicted molar refractivity (Wildman–Crippen MR) is 118 cm³/mol. The second-order valence-corrected chi connectivity index (χ2v) is 8.20. The monoisotopic (exact) mass is 477 g/mol. The molecule has 1 heterocycles. The molecule has 0 aliphatic heterocycles. The summed E-state index contributed by atoms with van der Waals surface area (Å²) in [5, 5.41) is 21.9. The van der Waals surface area contributed by atoms with Gasteiger partial charge in [-0.05, 0) is 39.0 Å². The minimum Gasteiger partial charge on any atom is -0.480 e. The number of nitrogens with zero attached hydrogens (tertiary/aromatic N) is 4. The van der Waals surface area contributed by atoms with Crippen LogP contribution in [0.3, 0.4) is 0 Å². The summed E-state index contributed by atoms with van der Waals surface area (Å²) in [5.74, 6) is -1.48. The zero-order chi connectivity index (χ0) is 24.1. The smallest absolute Gasteiger partial charge is 0.271 e. The third-order valence-corrected chi connectivity index (χ3v) is 5.42. The first-order valence-corrected chi connectivity index (χ1v) is 10.9. The molecule has 0 spiro atoms. The number of nitro groups is 1. The van der Waals surface area contributed by atoms with Gasteiger partial charge in [-0.25, -0.2) is 8.78 Å². The fourth-order valence-electron chi connectivity index (χ4n) is 2.97. The Labute approximate surface area is 192 Å². The van der Waals surface area contributed by atoms with Crippen LogP contribution in [-0.4, -0.2) is 31.3 Å². The summed E-state index contributed by atoms with van der Waals surface area (Å²) in [6.07, 6.45) is -0.626. The Kier molecular flexibility index (Phi) is 7.59. The number of amides is 1. The van der Waals surface area contributed by atoms with Crippen LogP contribution >= 0.6 is 11.8 Å². The Hall–Kier alpha value is -3.54. The van der Waals surface area contributed by atoms with Gasteiger partial charge in [0.25, 0.3) is 5.69 Å². The number of para-hydroxylation sites is 1. The highest BCUT2D eigenvalue weighted by molar-refractivity contribution is 7.99. The van der Waals surface area contributed by atoms with Gasteiger partial charge in [0.2, 0.25) is 5.91 Å². The van der Waals surface area contributed by atoms with Crippen molar-refractivity contribution in [1.82, 2.24) is 14.8 Å². The highest BCUT2D eigenvalue weighted by Gasteiger charge is 2.23. The highest BCUT2D eigenvalue weighted by atomic mass is 32.2. The molecular weight excluding hydrogens is 456 g/mol. The number of hydrogen-bond acceptors (Lipinski definition) is 7. The molecule has 1 atom stereocenters. The van der Waals surface area contributed by atoms with Crippen molar-refractivity contribution in [2.24, 2.45) is 0 Å². The summed E-state index contributed by atoms with van der Waals surface area (Å²) in [7, 11) is 0. The van der Waals surface area contributed by atoms with E-state index in [1.54, 1.807) is 23.6 Å². The molecule has 2 aromatic carbocycles. The van der Waals surface area contributed by atoms with E-state index < -0.39 is 28.6 Å². The van der Waals surface area contributed by atoms with Crippen molar-refractivity contribution in [2.45, 2.75) is 38.1 Å². The number of anilines is 1. The summed E-state index contributed by atoms with van der Waals surface area (Å²) in [6, 6.07) is 8.80. The fourth-order valence-corrected chi connectivity index (χ4v) is 3.85. The number of halogens is 2. The molecule has 0 aliphatic carbocycles. The van der Waals surface area contributed by atoms with E-state index in [2.05, 4.69) is 15.5 Å². The Morgan fingerprint density at radius 1 is 1.18 bits per heavy atom. The van der Waals surface area contributed by atoms with Crippen LogP contribution < -0.4 is 10.1 Å². The minimum atomic E-state index is -0.786. The molecule has 0 bridgehead atoms. The van der Waals surface area contributed by atoms with Gasteiger partial charge in [0.1, 0.15) is 5.82 Å². The van der Waals surface area contributed by atoms with Gasteiger partial charge in [-0.15, -0.1) is 10.2 Å². The van der Waals surface area contributed by atoms with Gasteiger partial charge in [0.15, 0.2) is 28.7 Å². The Bertz CT molecular complexity index is 1170. The van der Waals surface area contributed by atoms with Gasteiger partial charge >= 0.3 is 0 Å². The number of thioether (sulfide) groups is 1. The Balaban J connectivity index is 1.71. The third kappa shape index (κ3) is 5.83. The molecule has 1 amide bonds. The molecule has 0 aliphatic rings. The van der Waals surface area contributed by atoms with Gasteiger partial charge < -0.3 is 14.6 Å². The van der Waals surface area contributed by atoms with Crippen molar-refractivity contribution in [3.63, 3.8) is 0 Å². The van der Waals surface area contributed by atoms with Gasteiger partial charge in [-0.3, -0.25) is 14.9 Å². The van der Waals surface area contributed by atoms with Crippen molar-refractivity contribution >= 4 is 29.0 Å². The second kappa shape index (κ2) is 10.4. The number of nitrogens with one attached hydrogen (secondary N) is 1. The molecule has 3 rings (SSSR count). The maximum Gasteiger partial charge on any atom is 0.271 e. The zero-order valence-electron chi connectivity index (χ0n) is 18.0. The van der Waals surface area contributed by atoms with Gasteiger partial charge in [-0.1, -0.05) is 23.9 Å². The van der Waals surface area contributed by atoms with Gasteiger partial charge in [-0.2, -0.15) is 0 Å². The first-order chi connectivity index (χ1) is 15.7. The maximum atomic E-state index is 13.9. The van der Waals surface area contributed by atoms with Crippen LogP contribution in [0.25, 0.3) is 0 Å². The van der Waals surface area contributed by atoms with Gasteiger partial charge in [0, 0.05) is 18.2 Å². The number of carbonyl (C=O) groups excluding carboxylic acids is 1. The molecule has 174 valence electrons. The second-order valence-electron chi connectivity index (χ2n) is 7.25. The molecule has 1 unspecified atom stereocenters. The van der Waals surface area contributed by atoms with E-state index in [9.17, 15) is 23.7 Å². The van der Waals surface area contributed by atoms with Crippen LogP contribution in [0.4, 0.5) is 20.2 Å². The quantitative estimate of drug-likeness (QED) is 0.265. The standard InChI is InChI=1S/C21H21F2N5O4S/c1-12(2)27-20(13(3)32-18-7-5-4-6-16(18)23)25-26-21(27)33-11-19(29)24-17-10-14(28(30)31)8-9-15(17)22/h4-10,12-13H,11H2,1-3H3,(H,24,29). The van der Waals surface area contributed by atoms with Crippen LogP contribution in [0.1, 0.15) is 38.7 Å². The van der Waals surface area contributed by atoms with Crippen molar-refractivity contribution in [2.75, 3.05) is 11.1 Å². The lowest BCUT2D eigenvalue weighted by atomic mass is 10.2. The normalized spacial score (nSPS) is 11.9. The average Bonchev–Trinajstić information content (AvgIpc) is 3.20. The van der Waals surface area contributed by atoms with E-state index in [-0.39, 0.29) is 28.9 Å². The predicted octanol–water partition coefficient (Wildman–Crippen LogP) is 4.92. The Morgan fingerprint density at radius 2 is 1.91 bits per heavy atom. The van der Waals surface area contributed by atoms with E-state index in [0.29, 0.717) is 11.0 Å². The molecule has 1 aromatic heterocycles. The minimum absolute atomic E-state index is 0.0795. The van der Waals surface area contributed by atoms with Crippen LogP contribution in [-0.2, 0) is 4.79 Å². The molecule has 0 fully saturated rings. The van der Waals surface area contributed by atoms with Crippen LogP contribution in [0.2, 0.25) is 0 Å². The van der Waals surface area contributed by atoms with E-state index in [4.69, 9.17) is 4.74 Å². The van der Waals surface area contributed by atoms with Crippen molar-refractivity contribution in [3.8, 4) is 5.75 Å². The molecule has 3 aromatic rings. The number of hydrogen-bond donors (Lipinski definition) is 1. The summed E-state index contributed by atoms with van der Waals surface area (Å²) in [6.45, 7) is 5.50. The van der Waals surface area contributed by atoms with E-state index in [1.807, 2.05) is 13.8 Å². The molecular formula is C21H21F2N5O4S. The topological polar surface area (TPSA) is 112 Å². The molecule has 0 saturated carbocycles. The number of nitro benzene ring substituents is 1. The van der Waals surface area contributed by atoms with Gasteiger partial charge in [0.05, 0.1) is 16.4 Å². The molecule has 12 heteroatoms. The zero-order valence-corrected chi connectivity index (χ0v) is 18.8. The third-order valence-electron chi connectivity index (χ3n) is 4.48. The largest absolute Gasteiger partial charge is 0.480 e. The van der Waals surface area contributed by atoms with Crippen molar-refractivity contribution < 1.29 is 23.2 Å². The summed E-state index contributed by atoms with van der Waals surface area (Å²) in [4.78, 5) is 22.5. The van der Waals surface area contributed by atoms with Crippen molar-refractivity contribution in [1.29, 1.82) is 0 Å². The first kappa shape index (κ1) is 24.1. The lowest BCUT2D eigenvalue weighted by Gasteiger charge is -2.19. The number of aromatic nitrogens is 3. The van der Waals surface area contributed by atoms with Crippen LogP contribution in [0.15, 0.2) is 47.6 Å². The number of rotatable bonds is 9. The number of ether oxygens (including phenoxy) is 1. The molecule has 9 nitrogen and oxygen atoms in total. The first-order valence-electron chi connectivity index (χ1n) is 9.90. The SMILES string of the molecule is CC(Oc1ccccc1F)c1nnc(SCC(=O)Nc2cc([N+](=O)[O-])ccc2F)n1C(C)C. The summed E-state index contributed by atoms with van der Waals surface area (Å²) < 4.78 is 35.3. The maximum absolute atomic E-state index is 13.9. The highest BCUT2D eigenvalue weighted by Crippen LogP contribution is 2.29. The fraction of sp³-hybridized carbons (Fsp3) is 0.286. The number of non-ortho nitro benzene ring substituents is 1. The molecule has 1 N–H and O–H groups in total. The summed E-state index contributed by atoms with van der Waals surface area (Å²) >= 11 is 1.06. The van der Waals surface area contributed by atoms with E-state index in [1.165, 1.54) is 12.1 Å². The van der Waals surface area contributed by atoms with E-state index in [0.717, 1.165) is 30.0 Å². The molecule has 0 saturated heterocycles.